The summed E-state index contributed by atoms with van der Waals surface area (Å²) >= 11 is 0. The van der Waals surface area contributed by atoms with Crippen molar-refractivity contribution >= 4 is 5.96 Å². The molecule has 2 N–H and O–H groups in total. The van der Waals surface area contributed by atoms with Crippen LogP contribution in [0.15, 0.2) is 65.7 Å². The number of aliphatic imine (C=N–C) groups is 1. The lowest BCUT2D eigenvalue weighted by molar-refractivity contribution is 0.125. The Morgan fingerprint density at radius 1 is 1.00 bits per heavy atom. The normalized spacial score (nSPS) is 15.6. The van der Waals surface area contributed by atoms with Crippen molar-refractivity contribution in [3.8, 4) is 0 Å². The van der Waals surface area contributed by atoms with Crippen LogP contribution in [0.4, 0.5) is 0 Å². The summed E-state index contributed by atoms with van der Waals surface area (Å²) in [6.45, 7) is 2.96. The Hall–Kier alpha value is -2.33. The number of ether oxygens (including phenoxy) is 1. The molecule has 1 fully saturated rings. The van der Waals surface area contributed by atoms with E-state index in [1.54, 1.807) is 0 Å². The second-order valence-corrected chi connectivity index (χ2v) is 6.54. The lowest BCUT2D eigenvalue weighted by atomic mass is 9.96. The number of hydrogen-bond donors (Lipinski definition) is 2. The quantitative estimate of drug-likeness (QED) is 0.442. The fourth-order valence-electron chi connectivity index (χ4n) is 2.99. The van der Waals surface area contributed by atoms with E-state index in [0.29, 0.717) is 13.2 Å². The van der Waals surface area contributed by atoms with Gasteiger partial charge in [-0.05, 0) is 24.0 Å². The fourth-order valence-corrected chi connectivity index (χ4v) is 2.99. The van der Waals surface area contributed by atoms with Gasteiger partial charge in [-0.1, -0.05) is 60.7 Å². The second kappa shape index (κ2) is 8.67. The fraction of sp³-hybridized carbons (Fsp3) is 0.381. The third kappa shape index (κ3) is 5.07. The highest BCUT2D eigenvalue weighted by Gasteiger charge is 2.43. The van der Waals surface area contributed by atoms with Crippen LogP contribution in [0.5, 0.6) is 0 Å². The van der Waals surface area contributed by atoms with Crippen LogP contribution in [0, 0.1) is 0 Å². The standard InChI is InChI=1S/C21H27N3O/c1-22-20(23-14-15-25-16-18-8-4-2-5-9-18)24-17-21(12-13-21)19-10-6-3-7-11-19/h2-11H,12-17H2,1H3,(H2,22,23,24). The zero-order chi connectivity index (χ0) is 17.4. The zero-order valence-electron chi connectivity index (χ0n) is 14.9. The van der Waals surface area contributed by atoms with Crippen LogP contribution in [0.2, 0.25) is 0 Å². The van der Waals surface area contributed by atoms with Crippen LogP contribution in [-0.2, 0) is 16.8 Å². The molecule has 4 heteroatoms. The van der Waals surface area contributed by atoms with Crippen molar-refractivity contribution in [2.45, 2.75) is 24.9 Å². The highest BCUT2D eigenvalue weighted by molar-refractivity contribution is 5.79. The molecule has 25 heavy (non-hydrogen) atoms. The summed E-state index contributed by atoms with van der Waals surface area (Å²) < 4.78 is 5.70. The van der Waals surface area contributed by atoms with Gasteiger partial charge in [0.1, 0.15) is 0 Å². The number of benzene rings is 2. The predicted octanol–water partition coefficient (Wildman–Crippen LogP) is 3.10. The minimum Gasteiger partial charge on any atom is -0.375 e. The Balaban J connectivity index is 1.36. The lowest BCUT2D eigenvalue weighted by Gasteiger charge is -2.19. The van der Waals surface area contributed by atoms with Crippen molar-refractivity contribution in [1.82, 2.24) is 10.6 Å². The van der Waals surface area contributed by atoms with Crippen LogP contribution in [-0.4, -0.2) is 32.7 Å². The smallest absolute Gasteiger partial charge is 0.191 e. The molecular weight excluding hydrogens is 310 g/mol. The largest absolute Gasteiger partial charge is 0.375 e. The van der Waals surface area contributed by atoms with Gasteiger partial charge in [0.2, 0.25) is 0 Å². The molecule has 0 unspecified atom stereocenters. The molecule has 0 atom stereocenters. The van der Waals surface area contributed by atoms with Gasteiger partial charge in [-0.15, -0.1) is 0 Å². The summed E-state index contributed by atoms with van der Waals surface area (Å²) in [4.78, 5) is 4.31. The van der Waals surface area contributed by atoms with Gasteiger partial charge in [0.05, 0.1) is 13.2 Å². The van der Waals surface area contributed by atoms with Crippen LogP contribution in [0.25, 0.3) is 0 Å². The summed E-state index contributed by atoms with van der Waals surface area (Å²) in [5, 5.41) is 6.78. The van der Waals surface area contributed by atoms with Gasteiger partial charge in [-0.25, -0.2) is 0 Å². The second-order valence-electron chi connectivity index (χ2n) is 6.54. The van der Waals surface area contributed by atoms with Crippen molar-refractivity contribution in [3.05, 3.63) is 71.8 Å². The van der Waals surface area contributed by atoms with Gasteiger partial charge < -0.3 is 15.4 Å². The molecule has 1 saturated carbocycles. The van der Waals surface area contributed by atoms with Crippen molar-refractivity contribution in [2.75, 3.05) is 26.7 Å². The van der Waals surface area contributed by atoms with Gasteiger partial charge >= 0.3 is 0 Å². The molecule has 3 rings (SSSR count). The van der Waals surface area contributed by atoms with E-state index >= 15 is 0 Å². The topological polar surface area (TPSA) is 45.7 Å². The third-order valence-corrected chi connectivity index (χ3v) is 4.71. The summed E-state index contributed by atoms with van der Waals surface area (Å²) in [7, 11) is 1.81. The molecule has 1 aliphatic carbocycles. The molecule has 0 aliphatic heterocycles. The Morgan fingerprint density at radius 3 is 2.32 bits per heavy atom. The van der Waals surface area contributed by atoms with Crippen LogP contribution in [0.1, 0.15) is 24.0 Å². The first-order valence-corrected chi connectivity index (χ1v) is 8.94. The van der Waals surface area contributed by atoms with Crippen molar-refractivity contribution < 1.29 is 4.74 Å². The summed E-state index contributed by atoms with van der Waals surface area (Å²) in [5.41, 5.74) is 2.90. The molecule has 2 aromatic carbocycles. The maximum atomic E-state index is 5.70. The number of nitrogens with one attached hydrogen (secondary N) is 2. The maximum absolute atomic E-state index is 5.70. The average molecular weight is 337 g/mol. The Bertz CT molecular complexity index is 666. The lowest BCUT2D eigenvalue weighted by Crippen LogP contribution is -2.42. The van der Waals surface area contributed by atoms with Gasteiger partial charge in [0.25, 0.3) is 0 Å². The van der Waals surface area contributed by atoms with E-state index in [9.17, 15) is 0 Å². The molecule has 0 aromatic heterocycles. The number of guanidine groups is 1. The first-order valence-electron chi connectivity index (χ1n) is 8.94. The van der Waals surface area contributed by atoms with E-state index in [1.807, 2.05) is 25.2 Å². The molecule has 132 valence electrons. The van der Waals surface area contributed by atoms with Crippen LogP contribution < -0.4 is 10.6 Å². The Morgan fingerprint density at radius 2 is 1.68 bits per heavy atom. The minimum absolute atomic E-state index is 0.280. The summed E-state index contributed by atoms with van der Waals surface area (Å²) in [6.07, 6.45) is 2.47. The highest BCUT2D eigenvalue weighted by atomic mass is 16.5. The third-order valence-electron chi connectivity index (χ3n) is 4.71. The average Bonchev–Trinajstić information content (AvgIpc) is 3.47. The molecule has 0 heterocycles. The Labute approximate surface area is 150 Å². The van der Waals surface area contributed by atoms with E-state index < -0.39 is 0 Å². The molecule has 0 bridgehead atoms. The van der Waals surface area contributed by atoms with Crippen LogP contribution >= 0.6 is 0 Å². The van der Waals surface area contributed by atoms with Crippen molar-refractivity contribution in [3.63, 3.8) is 0 Å². The van der Waals surface area contributed by atoms with E-state index in [-0.39, 0.29) is 5.41 Å². The molecular formula is C21H27N3O. The minimum atomic E-state index is 0.280. The molecule has 1 aliphatic rings. The molecule has 2 aromatic rings. The highest BCUT2D eigenvalue weighted by Crippen LogP contribution is 2.47. The monoisotopic (exact) mass is 337 g/mol. The first-order chi connectivity index (χ1) is 12.3. The van der Waals surface area contributed by atoms with E-state index in [4.69, 9.17) is 4.74 Å². The molecule has 0 amide bonds. The van der Waals surface area contributed by atoms with Gasteiger partial charge in [0.15, 0.2) is 5.96 Å². The van der Waals surface area contributed by atoms with Gasteiger partial charge in [-0.3, -0.25) is 4.99 Å². The van der Waals surface area contributed by atoms with Gasteiger partial charge in [-0.2, -0.15) is 0 Å². The number of nitrogens with zero attached hydrogens (tertiary/aromatic N) is 1. The number of hydrogen-bond acceptors (Lipinski definition) is 2. The Kier molecular flexibility index (Phi) is 6.07. The zero-order valence-corrected chi connectivity index (χ0v) is 14.9. The van der Waals surface area contributed by atoms with Crippen molar-refractivity contribution in [1.29, 1.82) is 0 Å². The van der Waals surface area contributed by atoms with Crippen LogP contribution in [0.3, 0.4) is 0 Å². The first kappa shape index (κ1) is 17.5. The molecule has 0 saturated heterocycles. The number of rotatable bonds is 8. The summed E-state index contributed by atoms with van der Waals surface area (Å²) in [6, 6.07) is 21.0. The SMILES string of the molecule is CN=C(NCCOCc1ccccc1)NCC1(c2ccccc2)CC1. The molecule has 0 spiro atoms. The predicted molar refractivity (Wildman–Crippen MR) is 103 cm³/mol. The molecule has 0 radical (unpaired) electrons. The van der Waals surface area contributed by atoms with E-state index in [1.165, 1.54) is 24.0 Å². The van der Waals surface area contributed by atoms with Crippen molar-refractivity contribution in [2.24, 2.45) is 4.99 Å². The maximum Gasteiger partial charge on any atom is 0.191 e. The summed E-state index contributed by atoms with van der Waals surface area (Å²) in [5.74, 6) is 0.838. The van der Waals surface area contributed by atoms with E-state index in [0.717, 1.165) is 19.0 Å². The van der Waals surface area contributed by atoms with E-state index in [2.05, 4.69) is 58.1 Å². The van der Waals surface area contributed by atoms with Gasteiger partial charge in [0, 0.05) is 25.6 Å². The molecule has 4 nitrogen and oxygen atoms in total.